The van der Waals surface area contributed by atoms with Gasteiger partial charge in [-0.2, -0.15) is 11.8 Å². The number of carbonyl (C=O) groups excluding carboxylic acids is 1. The van der Waals surface area contributed by atoms with Crippen LogP contribution >= 0.6 is 11.8 Å². The number of hydrogen-bond acceptors (Lipinski definition) is 2. The Morgan fingerprint density at radius 3 is 1.89 bits per heavy atom. The van der Waals surface area contributed by atoms with Gasteiger partial charge in [-0.15, -0.1) is 0 Å². The molecule has 4 rings (SSSR count). The third-order valence-corrected chi connectivity index (χ3v) is 6.33. The van der Waals surface area contributed by atoms with Crippen molar-refractivity contribution in [1.29, 1.82) is 0 Å². The van der Waals surface area contributed by atoms with Crippen LogP contribution in [-0.4, -0.2) is 29.8 Å². The highest BCUT2D eigenvalue weighted by Gasteiger charge is 2.27. The first-order chi connectivity index (χ1) is 13.8. The van der Waals surface area contributed by atoms with E-state index >= 15 is 0 Å². The Hall–Kier alpha value is -2.72. The fraction of sp³-hybridized carbons (Fsp3) is 0.208. The smallest absolute Gasteiger partial charge is 0.323 e. The molecule has 3 nitrogen and oxygen atoms in total. The van der Waals surface area contributed by atoms with Gasteiger partial charge in [0.15, 0.2) is 0 Å². The van der Waals surface area contributed by atoms with Crippen LogP contribution in [0.5, 0.6) is 0 Å². The summed E-state index contributed by atoms with van der Waals surface area (Å²) in [6, 6.07) is 30.5. The van der Waals surface area contributed by atoms with Crippen molar-refractivity contribution in [3.63, 3.8) is 0 Å². The first kappa shape index (κ1) is 18.6. The largest absolute Gasteiger partial charge is 0.329 e. The number of amides is 2. The maximum atomic E-state index is 13.5. The molecule has 3 aromatic carbocycles. The lowest BCUT2D eigenvalue weighted by Crippen LogP contribution is -2.42. The molecule has 1 heterocycles. The Labute approximate surface area is 171 Å². The van der Waals surface area contributed by atoms with Crippen molar-refractivity contribution >= 4 is 29.2 Å². The molecule has 0 aromatic heterocycles. The van der Waals surface area contributed by atoms with Crippen molar-refractivity contribution in [2.24, 2.45) is 0 Å². The SMILES string of the molecule is O=C(N1CCSC(c2ccccc2)CC1)N(c1ccccc1)c1ccccc1. The van der Waals surface area contributed by atoms with Crippen molar-refractivity contribution in [3.05, 3.63) is 96.6 Å². The molecule has 1 saturated heterocycles. The van der Waals surface area contributed by atoms with E-state index in [0.29, 0.717) is 5.25 Å². The van der Waals surface area contributed by atoms with E-state index in [1.807, 2.05) is 82.2 Å². The molecule has 3 aromatic rings. The molecule has 28 heavy (non-hydrogen) atoms. The van der Waals surface area contributed by atoms with Crippen molar-refractivity contribution in [2.45, 2.75) is 11.7 Å². The zero-order chi connectivity index (χ0) is 19.2. The van der Waals surface area contributed by atoms with E-state index in [4.69, 9.17) is 0 Å². The third-order valence-electron chi connectivity index (χ3n) is 5.00. The maximum absolute atomic E-state index is 13.5. The predicted octanol–water partition coefficient (Wildman–Crippen LogP) is 6.12. The second-order valence-corrected chi connectivity index (χ2v) is 8.15. The van der Waals surface area contributed by atoms with Gasteiger partial charge in [0.1, 0.15) is 0 Å². The van der Waals surface area contributed by atoms with Gasteiger partial charge in [-0.05, 0) is 36.2 Å². The van der Waals surface area contributed by atoms with Crippen LogP contribution in [0.3, 0.4) is 0 Å². The van der Waals surface area contributed by atoms with Crippen LogP contribution in [0.4, 0.5) is 16.2 Å². The molecule has 0 radical (unpaired) electrons. The van der Waals surface area contributed by atoms with Crippen LogP contribution in [0.2, 0.25) is 0 Å². The van der Waals surface area contributed by atoms with Crippen LogP contribution in [0.25, 0.3) is 0 Å². The minimum Gasteiger partial charge on any atom is -0.323 e. The number of anilines is 2. The lowest BCUT2D eigenvalue weighted by molar-refractivity contribution is 0.210. The molecule has 1 aliphatic rings. The number of para-hydroxylation sites is 2. The summed E-state index contributed by atoms with van der Waals surface area (Å²) in [6.45, 7) is 1.53. The van der Waals surface area contributed by atoms with E-state index in [-0.39, 0.29) is 6.03 Å². The Balaban J connectivity index is 1.56. The zero-order valence-electron chi connectivity index (χ0n) is 15.8. The summed E-state index contributed by atoms with van der Waals surface area (Å²) in [7, 11) is 0. The van der Waals surface area contributed by atoms with Crippen LogP contribution in [0.1, 0.15) is 17.2 Å². The molecule has 0 aliphatic carbocycles. The molecule has 0 spiro atoms. The van der Waals surface area contributed by atoms with Crippen molar-refractivity contribution in [1.82, 2.24) is 4.90 Å². The first-order valence-corrected chi connectivity index (χ1v) is 10.7. The Kier molecular flexibility index (Phi) is 5.98. The first-order valence-electron chi connectivity index (χ1n) is 9.68. The topological polar surface area (TPSA) is 23.6 Å². The molecule has 4 heteroatoms. The number of hydrogen-bond donors (Lipinski definition) is 0. The molecule has 2 amide bonds. The highest BCUT2D eigenvalue weighted by molar-refractivity contribution is 7.99. The molecule has 1 aliphatic heterocycles. The van der Waals surface area contributed by atoms with Crippen LogP contribution < -0.4 is 4.90 Å². The zero-order valence-corrected chi connectivity index (χ0v) is 16.6. The second kappa shape index (κ2) is 8.98. The summed E-state index contributed by atoms with van der Waals surface area (Å²) < 4.78 is 0. The van der Waals surface area contributed by atoms with E-state index < -0.39 is 0 Å². The van der Waals surface area contributed by atoms with E-state index in [2.05, 4.69) is 30.3 Å². The fourth-order valence-corrected chi connectivity index (χ4v) is 4.79. The second-order valence-electron chi connectivity index (χ2n) is 6.83. The number of thioether (sulfide) groups is 1. The van der Waals surface area contributed by atoms with Crippen LogP contribution in [0, 0.1) is 0 Å². The molecule has 1 atom stereocenters. The maximum Gasteiger partial charge on any atom is 0.329 e. The number of carbonyl (C=O) groups is 1. The number of rotatable bonds is 3. The van der Waals surface area contributed by atoms with Crippen molar-refractivity contribution in [3.8, 4) is 0 Å². The predicted molar refractivity (Wildman–Crippen MR) is 118 cm³/mol. The monoisotopic (exact) mass is 388 g/mol. The minimum absolute atomic E-state index is 0.0479. The lowest BCUT2D eigenvalue weighted by atomic mass is 10.1. The van der Waals surface area contributed by atoms with Crippen molar-refractivity contribution < 1.29 is 4.79 Å². The van der Waals surface area contributed by atoms with Gasteiger partial charge in [-0.25, -0.2) is 4.79 Å². The quantitative estimate of drug-likeness (QED) is 0.539. The normalized spacial score (nSPS) is 17.0. The molecule has 0 saturated carbocycles. The summed E-state index contributed by atoms with van der Waals surface area (Å²) >= 11 is 1.95. The molecule has 0 N–H and O–H groups in total. The molecular weight excluding hydrogens is 364 g/mol. The van der Waals surface area contributed by atoms with E-state index in [0.717, 1.165) is 36.6 Å². The summed E-state index contributed by atoms with van der Waals surface area (Å²) in [4.78, 5) is 17.4. The average molecular weight is 389 g/mol. The molecule has 142 valence electrons. The van der Waals surface area contributed by atoms with E-state index in [1.54, 1.807) is 0 Å². The molecule has 1 fully saturated rings. The van der Waals surface area contributed by atoms with Gasteiger partial charge in [0.05, 0.1) is 11.4 Å². The Morgan fingerprint density at radius 1 is 0.786 bits per heavy atom. The van der Waals surface area contributed by atoms with Gasteiger partial charge in [0.2, 0.25) is 0 Å². The van der Waals surface area contributed by atoms with Gasteiger partial charge in [0, 0.05) is 24.1 Å². The van der Waals surface area contributed by atoms with Crippen molar-refractivity contribution in [2.75, 3.05) is 23.7 Å². The van der Waals surface area contributed by atoms with E-state index in [9.17, 15) is 4.79 Å². The summed E-state index contributed by atoms with van der Waals surface area (Å²) in [5.74, 6) is 0.947. The van der Waals surface area contributed by atoms with Gasteiger partial charge < -0.3 is 4.90 Å². The van der Waals surface area contributed by atoms with Crippen LogP contribution in [-0.2, 0) is 0 Å². The highest BCUT2D eigenvalue weighted by Crippen LogP contribution is 2.35. The van der Waals surface area contributed by atoms with E-state index in [1.165, 1.54) is 5.56 Å². The standard InChI is InChI=1S/C24H24N2OS/c27-24(25-17-16-23(28-19-18-25)20-10-4-1-5-11-20)26(21-12-6-2-7-13-21)22-14-8-3-9-15-22/h1-15,23H,16-19H2. The van der Waals surface area contributed by atoms with Gasteiger partial charge in [0.25, 0.3) is 0 Å². The Morgan fingerprint density at radius 2 is 1.32 bits per heavy atom. The van der Waals surface area contributed by atoms with Crippen LogP contribution in [0.15, 0.2) is 91.0 Å². The average Bonchev–Trinajstić information content (AvgIpc) is 3.02. The summed E-state index contributed by atoms with van der Waals surface area (Å²) in [5, 5.41) is 0.445. The Bertz CT molecular complexity index is 847. The molecule has 1 unspecified atom stereocenters. The lowest BCUT2D eigenvalue weighted by Gasteiger charge is -2.30. The molecular formula is C24H24N2OS. The summed E-state index contributed by atoms with van der Waals surface area (Å²) in [6.07, 6.45) is 0.970. The number of benzene rings is 3. The number of nitrogens with zero attached hydrogens (tertiary/aromatic N) is 2. The van der Waals surface area contributed by atoms with Gasteiger partial charge in [-0.3, -0.25) is 4.90 Å². The third kappa shape index (κ3) is 4.23. The molecule has 0 bridgehead atoms. The highest BCUT2D eigenvalue weighted by atomic mass is 32.2. The minimum atomic E-state index is 0.0479. The van der Waals surface area contributed by atoms with Gasteiger partial charge in [-0.1, -0.05) is 66.7 Å². The number of urea groups is 1. The summed E-state index contributed by atoms with van der Waals surface area (Å²) in [5.41, 5.74) is 3.15. The fourth-order valence-electron chi connectivity index (χ4n) is 3.56. The van der Waals surface area contributed by atoms with Gasteiger partial charge >= 0.3 is 6.03 Å².